The second-order valence-corrected chi connectivity index (χ2v) is 5.32. The maximum absolute atomic E-state index is 11.6. The Bertz CT molecular complexity index is 704. The first-order chi connectivity index (χ1) is 10.5. The molecular weight excluding hydrogens is 350 g/mol. The van der Waals surface area contributed by atoms with E-state index in [4.69, 9.17) is 5.11 Å². The number of phenolic OH excluding ortho intramolecular Hbond substituents is 2. The van der Waals surface area contributed by atoms with Crippen molar-refractivity contribution in [1.29, 1.82) is 0 Å². The Balaban J connectivity index is 1.83. The van der Waals surface area contributed by atoms with Crippen LogP contribution >= 0.6 is 15.9 Å². The fourth-order valence-electron chi connectivity index (χ4n) is 1.64. The molecule has 0 aromatic heterocycles. The highest BCUT2D eigenvalue weighted by atomic mass is 79.9. The molecular formula is C15H14BrN3O3. The highest BCUT2D eigenvalue weighted by Crippen LogP contribution is 2.20. The second-order valence-electron chi connectivity index (χ2n) is 4.40. The normalized spacial score (nSPS) is 10.6. The van der Waals surface area contributed by atoms with E-state index >= 15 is 0 Å². The third-order valence-corrected chi connectivity index (χ3v) is 3.18. The van der Waals surface area contributed by atoms with Gasteiger partial charge in [-0.25, -0.2) is 5.43 Å². The van der Waals surface area contributed by atoms with Crippen molar-refractivity contribution in [2.45, 2.75) is 0 Å². The SMILES string of the molecule is O=C(CNc1cccc(Br)c1)N/N=C\c1ccc(O)cc1O. The summed E-state index contributed by atoms with van der Waals surface area (Å²) in [6.45, 7) is 0.0648. The van der Waals surface area contributed by atoms with Gasteiger partial charge in [0, 0.05) is 21.8 Å². The predicted molar refractivity (Wildman–Crippen MR) is 88.1 cm³/mol. The number of amides is 1. The van der Waals surface area contributed by atoms with Crippen LogP contribution in [0.4, 0.5) is 5.69 Å². The largest absolute Gasteiger partial charge is 0.508 e. The monoisotopic (exact) mass is 363 g/mol. The fraction of sp³-hybridized carbons (Fsp3) is 0.0667. The van der Waals surface area contributed by atoms with Gasteiger partial charge in [0.05, 0.1) is 12.8 Å². The Hall–Kier alpha value is -2.54. The van der Waals surface area contributed by atoms with E-state index in [9.17, 15) is 9.90 Å². The van der Waals surface area contributed by atoms with Gasteiger partial charge < -0.3 is 15.5 Å². The molecule has 4 N–H and O–H groups in total. The summed E-state index contributed by atoms with van der Waals surface area (Å²) < 4.78 is 0.915. The third-order valence-electron chi connectivity index (χ3n) is 2.68. The first-order valence-corrected chi connectivity index (χ1v) is 7.17. The first-order valence-electron chi connectivity index (χ1n) is 6.38. The number of phenols is 2. The molecule has 6 nitrogen and oxygen atoms in total. The molecule has 2 rings (SSSR count). The number of nitrogens with zero attached hydrogens (tertiary/aromatic N) is 1. The number of hydrazone groups is 1. The summed E-state index contributed by atoms with van der Waals surface area (Å²) in [4.78, 5) is 11.6. The minimum Gasteiger partial charge on any atom is -0.508 e. The molecule has 0 aliphatic carbocycles. The van der Waals surface area contributed by atoms with Crippen molar-refractivity contribution in [2.24, 2.45) is 5.10 Å². The molecule has 0 bridgehead atoms. The smallest absolute Gasteiger partial charge is 0.259 e. The summed E-state index contributed by atoms with van der Waals surface area (Å²) in [5.74, 6) is -0.489. The number of halogens is 1. The van der Waals surface area contributed by atoms with Crippen LogP contribution in [0.1, 0.15) is 5.56 Å². The van der Waals surface area contributed by atoms with Crippen LogP contribution in [0.5, 0.6) is 11.5 Å². The molecule has 2 aromatic rings. The van der Waals surface area contributed by atoms with Gasteiger partial charge in [0.15, 0.2) is 0 Å². The Morgan fingerprint density at radius 2 is 2.05 bits per heavy atom. The molecule has 2 aromatic carbocycles. The van der Waals surface area contributed by atoms with Crippen LogP contribution in [-0.2, 0) is 4.79 Å². The van der Waals surface area contributed by atoms with Crippen LogP contribution < -0.4 is 10.7 Å². The van der Waals surface area contributed by atoms with E-state index in [1.54, 1.807) is 0 Å². The summed E-state index contributed by atoms with van der Waals surface area (Å²) in [6, 6.07) is 11.5. The molecule has 114 valence electrons. The maximum Gasteiger partial charge on any atom is 0.259 e. The number of hydrogen-bond donors (Lipinski definition) is 4. The predicted octanol–water partition coefficient (Wildman–Crippen LogP) is 2.42. The van der Waals surface area contributed by atoms with Gasteiger partial charge in [-0.05, 0) is 30.3 Å². The minimum atomic E-state index is -0.325. The van der Waals surface area contributed by atoms with Crippen LogP contribution in [-0.4, -0.2) is 28.9 Å². The molecule has 1 amide bonds. The zero-order valence-corrected chi connectivity index (χ0v) is 13.0. The number of aromatic hydroxyl groups is 2. The van der Waals surface area contributed by atoms with E-state index in [0.717, 1.165) is 10.2 Å². The van der Waals surface area contributed by atoms with Crippen molar-refractivity contribution in [3.8, 4) is 11.5 Å². The molecule has 0 saturated heterocycles. The number of benzene rings is 2. The molecule has 0 saturated carbocycles. The van der Waals surface area contributed by atoms with Crippen LogP contribution in [0.2, 0.25) is 0 Å². The minimum absolute atomic E-state index is 0.0445. The van der Waals surface area contributed by atoms with Gasteiger partial charge in [0.1, 0.15) is 11.5 Å². The number of carbonyl (C=O) groups is 1. The Morgan fingerprint density at radius 1 is 1.23 bits per heavy atom. The van der Waals surface area contributed by atoms with Gasteiger partial charge in [0.25, 0.3) is 5.91 Å². The van der Waals surface area contributed by atoms with Crippen molar-refractivity contribution < 1.29 is 15.0 Å². The zero-order chi connectivity index (χ0) is 15.9. The van der Waals surface area contributed by atoms with Gasteiger partial charge in [-0.3, -0.25) is 4.79 Å². The van der Waals surface area contributed by atoms with Gasteiger partial charge in [0.2, 0.25) is 0 Å². The van der Waals surface area contributed by atoms with Crippen molar-refractivity contribution in [1.82, 2.24) is 5.43 Å². The highest BCUT2D eigenvalue weighted by molar-refractivity contribution is 9.10. The molecule has 0 heterocycles. The molecule has 0 spiro atoms. The lowest BCUT2D eigenvalue weighted by Gasteiger charge is -2.05. The lowest BCUT2D eigenvalue weighted by atomic mass is 10.2. The van der Waals surface area contributed by atoms with Crippen LogP contribution in [0.25, 0.3) is 0 Å². The van der Waals surface area contributed by atoms with Crippen LogP contribution in [0.15, 0.2) is 52.0 Å². The number of nitrogens with one attached hydrogen (secondary N) is 2. The van der Waals surface area contributed by atoms with E-state index in [1.807, 2.05) is 24.3 Å². The standard InChI is InChI=1S/C15H14BrN3O3/c16-11-2-1-3-12(6-11)17-9-15(22)19-18-8-10-4-5-13(20)7-14(10)21/h1-8,17,20-21H,9H2,(H,19,22)/b18-8-. The summed E-state index contributed by atoms with van der Waals surface area (Å²) in [7, 11) is 0. The number of hydrogen-bond acceptors (Lipinski definition) is 5. The van der Waals surface area contributed by atoms with Crippen molar-refractivity contribution in [3.05, 3.63) is 52.5 Å². The zero-order valence-electron chi connectivity index (χ0n) is 11.5. The Labute approximate surface area is 135 Å². The number of carbonyl (C=O) groups excluding carboxylic acids is 1. The lowest BCUT2D eigenvalue weighted by Crippen LogP contribution is -2.25. The summed E-state index contributed by atoms with van der Waals surface area (Å²) in [5, 5.41) is 25.4. The van der Waals surface area contributed by atoms with Gasteiger partial charge >= 0.3 is 0 Å². The molecule has 0 unspecified atom stereocenters. The second kappa shape index (κ2) is 7.46. The van der Waals surface area contributed by atoms with E-state index < -0.39 is 0 Å². The quantitative estimate of drug-likeness (QED) is 0.484. The van der Waals surface area contributed by atoms with Crippen molar-refractivity contribution in [3.63, 3.8) is 0 Å². The van der Waals surface area contributed by atoms with Crippen LogP contribution in [0.3, 0.4) is 0 Å². The van der Waals surface area contributed by atoms with Gasteiger partial charge in [-0.2, -0.15) is 5.10 Å². The first kappa shape index (κ1) is 15.8. The van der Waals surface area contributed by atoms with E-state index in [2.05, 4.69) is 31.8 Å². The fourth-order valence-corrected chi connectivity index (χ4v) is 2.03. The number of rotatable bonds is 5. The van der Waals surface area contributed by atoms with Gasteiger partial charge in [-0.15, -0.1) is 0 Å². The lowest BCUT2D eigenvalue weighted by molar-refractivity contribution is -0.119. The van der Waals surface area contributed by atoms with Crippen molar-refractivity contribution in [2.75, 3.05) is 11.9 Å². The topological polar surface area (TPSA) is 94.0 Å². The average molecular weight is 364 g/mol. The molecule has 7 heteroatoms. The maximum atomic E-state index is 11.6. The van der Waals surface area contributed by atoms with E-state index in [-0.39, 0.29) is 24.0 Å². The van der Waals surface area contributed by atoms with E-state index in [1.165, 1.54) is 24.4 Å². The molecule has 0 aliphatic heterocycles. The van der Waals surface area contributed by atoms with Crippen molar-refractivity contribution >= 4 is 33.7 Å². The molecule has 22 heavy (non-hydrogen) atoms. The summed E-state index contributed by atoms with van der Waals surface area (Å²) >= 11 is 3.34. The Kier molecular flexibility index (Phi) is 5.37. The highest BCUT2D eigenvalue weighted by Gasteiger charge is 2.01. The number of anilines is 1. The molecule has 0 aliphatic rings. The van der Waals surface area contributed by atoms with E-state index in [0.29, 0.717) is 5.56 Å². The molecule has 0 radical (unpaired) electrons. The third kappa shape index (κ3) is 4.78. The average Bonchev–Trinajstić information content (AvgIpc) is 2.47. The summed E-state index contributed by atoms with van der Waals surface area (Å²) in [6.07, 6.45) is 1.30. The van der Waals surface area contributed by atoms with Crippen LogP contribution in [0, 0.1) is 0 Å². The summed E-state index contributed by atoms with van der Waals surface area (Å²) in [5.41, 5.74) is 3.54. The molecule has 0 fully saturated rings. The molecule has 0 atom stereocenters. The van der Waals surface area contributed by atoms with Gasteiger partial charge in [-0.1, -0.05) is 22.0 Å². The Morgan fingerprint density at radius 3 is 2.77 bits per heavy atom.